The van der Waals surface area contributed by atoms with Crippen molar-refractivity contribution < 1.29 is 46.9 Å². The van der Waals surface area contributed by atoms with E-state index < -0.39 is 75.0 Å². The van der Waals surface area contributed by atoms with Gasteiger partial charge in [0, 0.05) is 0 Å². The van der Waals surface area contributed by atoms with Gasteiger partial charge in [-0.15, -0.1) is 0 Å². The number of aromatic nitrogens is 8. The summed E-state index contributed by atoms with van der Waals surface area (Å²) in [5.41, 5.74) is 0.296. The maximum atomic E-state index is 13.5. The molecule has 7 heterocycles. The Bertz CT molecular complexity index is 1820. The number of ether oxygens (including phenoxy) is 2. The molecule has 3 saturated heterocycles. The Kier molecular flexibility index (Phi) is 7.08. The quantitative estimate of drug-likeness (QED) is 0.144. The third-order valence-corrected chi connectivity index (χ3v) is 9.98. The molecule has 0 amide bonds. The maximum Gasteiger partial charge on any atom is 0.388 e. The van der Waals surface area contributed by atoms with Gasteiger partial charge >= 0.3 is 13.6 Å². The van der Waals surface area contributed by atoms with Crippen LogP contribution in [0.5, 0.6) is 0 Å². The van der Waals surface area contributed by atoms with Crippen LogP contribution in [0.4, 0.5) is 0 Å². The predicted octanol–water partition coefficient (Wildman–Crippen LogP) is 0.327. The first kappa shape index (κ1) is 28.5. The number of nitrogens with zero attached hydrogens (tertiary/aromatic N) is 7. The van der Waals surface area contributed by atoms with Crippen LogP contribution in [0, 0.1) is 0 Å². The molecule has 2 unspecified atom stereocenters. The molecule has 2 bridgehead atoms. The van der Waals surface area contributed by atoms with Crippen LogP contribution in [0.2, 0.25) is 0 Å². The molecule has 19 nitrogen and oxygen atoms in total. The van der Waals surface area contributed by atoms with Crippen molar-refractivity contribution >= 4 is 60.3 Å². The lowest BCUT2D eigenvalue weighted by molar-refractivity contribution is -0.130. The standard InChI is InChI=1S/C19H20N8O11P2S2/c28-11-13-9(34-17(11)27-5-22-7-1-20-4-21-15(7)27)3-33-39(31,41)37-14-12(29)19(38-40(32,42)36-13)35-18(14)26-6-23-10-8(26)2-24-25-16(10)30/h1-2,4-6,9,11-14,17-19,28-29H,3H2,(H,25,30)(H,31,41)(H,32,42)/t9-,11-,12+,13-,14-,17-,18-,19-,39?,40?/m1/s1. The van der Waals surface area contributed by atoms with Gasteiger partial charge in [0.2, 0.25) is 0 Å². The molecule has 0 spiro atoms. The van der Waals surface area contributed by atoms with E-state index in [1.54, 1.807) is 0 Å². The van der Waals surface area contributed by atoms with Crippen molar-refractivity contribution in [2.24, 2.45) is 0 Å². The van der Waals surface area contributed by atoms with Crippen LogP contribution in [0.3, 0.4) is 0 Å². The molecule has 23 heteroatoms. The average molecular weight is 662 g/mol. The fourth-order valence-electron chi connectivity index (χ4n) is 4.97. The summed E-state index contributed by atoms with van der Waals surface area (Å²) in [6, 6.07) is 0. The molecule has 3 fully saturated rings. The van der Waals surface area contributed by atoms with Crippen LogP contribution in [0.1, 0.15) is 12.5 Å². The summed E-state index contributed by atoms with van der Waals surface area (Å²) in [6.07, 6.45) is -5.08. The van der Waals surface area contributed by atoms with Crippen molar-refractivity contribution in [1.29, 1.82) is 0 Å². The minimum atomic E-state index is -4.44. The van der Waals surface area contributed by atoms with Crippen LogP contribution >= 0.6 is 38.1 Å². The Labute approximate surface area is 243 Å². The van der Waals surface area contributed by atoms with Crippen LogP contribution in [0.25, 0.3) is 22.2 Å². The molecule has 3 aliphatic rings. The van der Waals surface area contributed by atoms with E-state index in [1.165, 1.54) is 40.5 Å². The number of aliphatic hydroxyl groups is 2. The van der Waals surface area contributed by atoms with Crippen LogP contribution in [-0.4, -0.2) is 92.9 Å². The van der Waals surface area contributed by atoms with Gasteiger partial charge in [-0.2, -0.15) is 5.10 Å². The first-order valence-electron chi connectivity index (χ1n) is 12.1. The highest BCUT2D eigenvalue weighted by Gasteiger charge is 2.55. The van der Waals surface area contributed by atoms with E-state index in [0.29, 0.717) is 11.2 Å². The normalized spacial score (nSPS) is 39.2. The van der Waals surface area contributed by atoms with Crippen molar-refractivity contribution in [2.45, 2.75) is 49.3 Å². The molecule has 0 saturated carbocycles. The Balaban J connectivity index is 1.22. The summed E-state index contributed by atoms with van der Waals surface area (Å²) in [5.74, 6) is 0. The van der Waals surface area contributed by atoms with Gasteiger partial charge in [0.05, 0.1) is 37.2 Å². The van der Waals surface area contributed by atoms with E-state index in [4.69, 9.17) is 27.6 Å². The van der Waals surface area contributed by atoms with Crippen molar-refractivity contribution in [3.63, 3.8) is 0 Å². The monoisotopic (exact) mass is 662 g/mol. The number of aromatic amines is 1. The number of rotatable bonds is 2. The summed E-state index contributed by atoms with van der Waals surface area (Å²) in [6.45, 7) is -9.30. The van der Waals surface area contributed by atoms with Crippen molar-refractivity contribution in [3.05, 3.63) is 41.7 Å². The first-order chi connectivity index (χ1) is 20.0. The Morgan fingerprint density at radius 1 is 0.929 bits per heavy atom. The minimum Gasteiger partial charge on any atom is -0.386 e. The lowest BCUT2D eigenvalue weighted by Crippen LogP contribution is -2.38. The van der Waals surface area contributed by atoms with Crippen molar-refractivity contribution in [1.82, 2.24) is 39.3 Å². The number of nitrogens with one attached hydrogen (secondary N) is 1. The second-order valence-corrected chi connectivity index (χ2v) is 15.1. The van der Waals surface area contributed by atoms with E-state index in [2.05, 4.69) is 54.6 Å². The average Bonchev–Trinajstić information content (AvgIpc) is 3.69. The summed E-state index contributed by atoms with van der Waals surface area (Å²) >= 11 is 8.08. The number of fused-ring (bicyclic) bond motifs is 5. The summed E-state index contributed by atoms with van der Waals surface area (Å²) in [4.78, 5) is 28.4. The van der Waals surface area contributed by atoms with Gasteiger partial charge in [-0.3, -0.25) is 32.0 Å². The van der Waals surface area contributed by atoms with E-state index in [1.807, 2.05) is 0 Å². The van der Waals surface area contributed by atoms with Gasteiger partial charge in [-0.05, 0) is 0 Å². The highest BCUT2D eigenvalue weighted by atomic mass is 32.7. The molecular formula is C19H20N8O11P2S2. The first-order valence-corrected chi connectivity index (χ1v) is 17.5. The number of H-pyrrole nitrogens is 1. The van der Waals surface area contributed by atoms with E-state index in [-0.39, 0.29) is 11.0 Å². The van der Waals surface area contributed by atoms with Gasteiger partial charge < -0.3 is 19.7 Å². The Hall–Kier alpha value is -2.26. The highest BCUT2D eigenvalue weighted by Crippen LogP contribution is 2.62. The number of imidazole rings is 2. The topological polar surface area (TPSA) is 237 Å². The SMILES string of the molecule is O=c1[nH]ncc2c1ncn2[C@@H]1O[C@@H]2OP(=O)(S)O[C@H]3[C@@H](O)[C@H](n4cnc5cncnc54)O[C@@H]3COP(=O)(S)O[C@@H]1[C@@H]2O. The molecule has 3 aliphatic heterocycles. The van der Waals surface area contributed by atoms with E-state index in [9.17, 15) is 24.1 Å². The molecule has 0 aliphatic carbocycles. The lowest BCUT2D eigenvalue weighted by atomic mass is 10.1. The third-order valence-electron chi connectivity index (χ3n) is 6.82. The summed E-state index contributed by atoms with van der Waals surface area (Å²) in [5, 5.41) is 28.2. The second-order valence-electron chi connectivity index (χ2n) is 9.39. The zero-order chi connectivity index (χ0) is 29.4. The van der Waals surface area contributed by atoms with Crippen molar-refractivity contribution in [2.75, 3.05) is 6.61 Å². The number of hydrogen-bond acceptors (Lipinski definition) is 16. The Morgan fingerprint density at radius 2 is 1.71 bits per heavy atom. The maximum absolute atomic E-state index is 13.5. The lowest BCUT2D eigenvalue weighted by Gasteiger charge is -2.28. The van der Waals surface area contributed by atoms with Gasteiger partial charge in [-0.25, -0.2) is 34.2 Å². The smallest absolute Gasteiger partial charge is 0.386 e. The Morgan fingerprint density at radius 3 is 2.55 bits per heavy atom. The molecule has 3 N–H and O–H groups in total. The van der Waals surface area contributed by atoms with Crippen LogP contribution in [-0.2, 0) is 36.7 Å². The van der Waals surface area contributed by atoms with Crippen LogP contribution < -0.4 is 5.56 Å². The molecule has 0 aromatic carbocycles. The summed E-state index contributed by atoms with van der Waals surface area (Å²) < 4.78 is 63.5. The molecule has 4 aromatic rings. The molecule has 224 valence electrons. The predicted molar refractivity (Wildman–Crippen MR) is 143 cm³/mol. The minimum absolute atomic E-state index is 0.0109. The third kappa shape index (κ3) is 4.92. The summed E-state index contributed by atoms with van der Waals surface area (Å²) in [7, 11) is 0. The van der Waals surface area contributed by atoms with Gasteiger partial charge in [0.1, 0.15) is 42.4 Å². The van der Waals surface area contributed by atoms with Gasteiger partial charge in [0.25, 0.3) is 5.56 Å². The zero-order valence-corrected chi connectivity index (χ0v) is 24.3. The number of hydrogen-bond donors (Lipinski definition) is 5. The number of thiol groups is 2. The van der Waals surface area contributed by atoms with Gasteiger partial charge in [-0.1, -0.05) is 24.5 Å². The highest BCUT2D eigenvalue weighted by molar-refractivity contribution is 8.44. The van der Waals surface area contributed by atoms with E-state index >= 15 is 0 Å². The molecule has 7 rings (SSSR count). The molecule has 42 heavy (non-hydrogen) atoms. The van der Waals surface area contributed by atoms with Gasteiger partial charge in [0.15, 0.2) is 29.9 Å². The van der Waals surface area contributed by atoms with Crippen molar-refractivity contribution in [3.8, 4) is 0 Å². The molecular weight excluding hydrogens is 642 g/mol. The molecule has 4 aromatic heterocycles. The fourth-order valence-corrected chi connectivity index (χ4v) is 8.09. The molecule has 0 radical (unpaired) electrons. The molecule has 10 atom stereocenters. The van der Waals surface area contributed by atoms with E-state index in [0.717, 1.165) is 0 Å². The zero-order valence-electron chi connectivity index (χ0n) is 20.7. The fraction of sp³-hybridized carbons (Fsp3) is 0.474. The number of aliphatic hydroxyl groups excluding tert-OH is 2. The van der Waals surface area contributed by atoms with Crippen LogP contribution in [0.15, 0.2) is 36.2 Å². The second kappa shape index (κ2) is 10.4. The largest absolute Gasteiger partial charge is 0.388 e.